The van der Waals surface area contributed by atoms with Gasteiger partial charge in [-0.05, 0) is 0 Å². The standard InChI is InChI=1S/C9H11PSe/c1-3-10(2,11)9-7-5-4-6-8-9/h3-8H,1H2,2H3. The van der Waals surface area contributed by atoms with Gasteiger partial charge in [0.2, 0.25) is 0 Å². The Balaban J connectivity index is 3.13. The summed E-state index contributed by atoms with van der Waals surface area (Å²) >= 11 is 3.21. The van der Waals surface area contributed by atoms with Crippen molar-refractivity contribution in [3.63, 3.8) is 0 Å². The monoisotopic (exact) mass is 230 g/mol. The van der Waals surface area contributed by atoms with Crippen molar-refractivity contribution < 1.29 is 0 Å². The van der Waals surface area contributed by atoms with Gasteiger partial charge in [0.1, 0.15) is 0 Å². The second-order valence-electron chi connectivity index (χ2n) is 2.51. The van der Waals surface area contributed by atoms with Crippen LogP contribution in [0, 0.1) is 0 Å². The Kier molecular flexibility index (Phi) is 2.90. The zero-order chi connectivity index (χ0) is 8.32. The predicted molar refractivity (Wildman–Crippen MR) is 54.9 cm³/mol. The van der Waals surface area contributed by atoms with E-state index in [2.05, 4.69) is 52.6 Å². The Morgan fingerprint density at radius 2 is 1.91 bits per heavy atom. The van der Waals surface area contributed by atoms with Crippen LogP contribution in [0.25, 0.3) is 0 Å². The molecule has 0 aliphatic carbocycles. The molecule has 0 fully saturated rings. The summed E-state index contributed by atoms with van der Waals surface area (Å²) in [6.07, 6.45) is 0. The zero-order valence-electron chi connectivity index (χ0n) is 6.53. The molecular weight excluding hydrogens is 218 g/mol. The summed E-state index contributed by atoms with van der Waals surface area (Å²) in [6, 6.07) is 10.5. The fourth-order valence-electron chi connectivity index (χ4n) is 0.829. The molecule has 0 amide bonds. The third kappa shape index (κ3) is 2.17. The molecule has 0 aliphatic rings. The summed E-state index contributed by atoms with van der Waals surface area (Å²) in [5.74, 6) is 2.03. The molecule has 0 saturated heterocycles. The zero-order valence-corrected chi connectivity index (χ0v) is 9.13. The normalized spacial score (nSPS) is 15.4. The molecule has 1 aromatic rings. The predicted octanol–water partition coefficient (Wildman–Crippen LogP) is 2.19. The fraction of sp³-hybridized carbons (Fsp3) is 0.111. The Hall–Kier alpha value is -0.0905. The molecule has 0 N–H and O–H groups in total. The molecule has 1 aromatic carbocycles. The van der Waals surface area contributed by atoms with Gasteiger partial charge >= 0.3 is 75.3 Å². The fourth-order valence-corrected chi connectivity index (χ4v) is 2.57. The average Bonchev–Trinajstić information content (AvgIpc) is 2.06. The van der Waals surface area contributed by atoms with Crippen LogP contribution in [0.1, 0.15) is 0 Å². The maximum absolute atomic E-state index is 3.83. The van der Waals surface area contributed by atoms with Gasteiger partial charge in [0.25, 0.3) is 0 Å². The Morgan fingerprint density at radius 3 is 2.36 bits per heavy atom. The molecule has 0 aliphatic heterocycles. The van der Waals surface area contributed by atoms with Gasteiger partial charge in [-0.3, -0.25) is 0 Å². The van der Waals surface area contributed by atoms with Gasteiger partial charge in [-0.25, -0.2) is 0 Å². The number of hydrogen-bond donors (Lipinski definition) is 0. The second-order valence-corrected chi connectivity index (χ2v) is 10.1. The molecular formula is C9H11PSe. The minimum absolute atomic E-state index is 1.14. The SMILES string of the molecule is C=CP(C)(=[Se])c1ccccc1. The molecule has 0 nitrogen and oxygen atoms in total. The van der Waals surface area contributed by atoms with Crippen LogP contribution >= 0.6 is 5.51 Å². The van der Waals surface area contributed by atoms with Crippen LogP contribution in [0.2, 0.25) is 0 Å². The van der Waals surface area contributed by atoms with Crippen molar-refractivity contribution >= 4 is 25.9 Å². The van der Waals surface area contributed by atoms with Crippen molar-refractivity contribution in [2.45, 2.75) is 0 Å². The van der Waals surface area contributed by atoms with Crippen molar-refractivity contribution in [3.8, 4) is 0 Å². The Bertz CT molecular complexity index is 290. The van der Waals surface area contributed by atoms with Gasteiger partial charge < -0.3 is 0 Å². The van der Waals surface area contributed by atoms with Crippen LogP contribution in [-0.4, -0.2) is 21.8 Å². The summed E-state index contributed by atoms with van der Waals surface area (Å²) in [7, 11) is 0. The quantitative estimate of drug-likeness (QED) is 0.538. The van der Waals surface area contributed by atoms with Crippen molar-refractivity contribution in [1.29, 1.82) is 0 Å². The van der Waals surface area contributed by atoms with Gasteiger partial charge in [0, 0.05) is 0 Å². The summed E-state index contributed by atoms with van der Waals surface area (Å²) in [5, 5.41) is 1.37. The number of benzene rings is 1. The van der Waals surface area contributed by atoms with Crippen LogP contribution in [0.4, 0.5) is 0 Å². The molecule has 1 atom stereocenters. The van der Waals surface area contributed by atoms with E-state index in [1.54, 1.807) is 0 Å². The van der Waals surface area contributed by atoms with Crippen LogP contribution in [-0.2, 0) is 0 Å². The van der Waals surface area contributed by atoms with Crippen molar-refractivity contribution in [2.24, 2.45) is 0 Å². The third-order valence-electron chi connectivity index (χ3n) is 1.62. The minimum atomic E-state index is -1.14. The summed E-state index contributed by atoms with van der Waals surface area (Å²) in [6.45, 7) is 6.04. The molecule has 0 radical (unpaired) electrons. The molecule has 58 valence electrons. The molecule has 1 unspecified atom stereocenters. The number of rotatable bonds is 2. The van der Waals surface area contributed by atoms with E-state index in [0.717, 1.165) is 0 Å². The summed E-state index contributed by atoms with van der Waals surface area (Å²) in [5.41, 5.74) is -1.14. The molecule has 0 bridgehead atoms. The molecule has 0 aromatic heterocycles. The topological polar surface area (TPSA) is 0 Å². The first-order valence-electron chi connectivity index (χ1n) is 3.43. The van der Waals surface area contributed by atoms with E-state index in [9.17, 15) is 0 Å². The van der Waals surface area contributed by atoms with Gasteiger partial charge in [-0.15, -0.1) is 0 Å². The van der Waals surface area contributed by atoms with Gasteiger partial charge in [-0.2, -0.15) is 0 Å². The van der Waals surface area contributed by atoms with E-state index in [1.165, 1.54) is 5.30 Å². The van der Waals surface area contributed by atoms with E-state index >= 15 is 0 Å². The van der Waals surface area contributed by atoms with Gasteiger partial charge in [0.15, 0.2) is 0 Å². The first kappa shape index (κ1) is 9.00. The van der Waals surface area contributed by atoms with E-state index in [4.69, 9.17) is 0 Å². The first-order chi connectivity index (χ1) is 5.17. The van der Waals surface area contributed by atoms with Crippen LogP contribution in [0.3, 0.4) is 0 Å². The maximum atomic E-state index is 3.83. The van der Waals surface area contributed by atoms with Crippen molar-refractivity contribution in [3.05, 3.63) is 42.7 Å². The molecule has 0 spiro atoms. The summed E-state index contributed by atoms with van der Waals surface area (Å²) in [4.78, 5) is 0. The Labute approximate surface area is 75.5 Å². The van der Waals surface area contributed by atoms with Crippen LogP contribution in [0.15, 0.2) is 42.7 Å². The van der Waals surface area contributed by atoms with Crippen molar-refractivity contribution in [2.75, 3.05) is 6.66 Å². The summed E-state index contributed by atoms with van der Waals surface area (Å²) < 4.78 is 0. The molecule has 0 heterocycles. The third-order valence-corrected chi connectivity index (χ3v) is 5.90. The molecule has 11 heavy (non-hydrogen) atoms. The first-order valence-corrected chi connectivity index (χ1v) is 7.95. The van der Waals surface area contributed by atoms with Crippen LogP contribution < -0.4 is 5.30 Å². The van der Waals surface area contributed by atoms with Gasteiger partial charge in [-0.1, -0.05) is 0 Å². The molecule has 0 saturated carbocycles. The van der Waals surface area contributed by atoms with Crippen molar-refractivity contribution in [1.82, 2.24) is 0 Å². The second kappa shape index (κ2) is 3.54. The number of hydrogen-bond acceptors (Lipinski definition) is 0. The van der Waals surface area contributed by atoms with E-state index in [1.807, 2.05) is 11.9 Å². The average molecular weight is 229 g/mol. The van der Waals surface area contributed by atoms with E-state index in [0.29, 0.717) is 0 Å². The molecule has 2 heteroatoms. The van der Waals surface area contributed by atoms with E-state index in [-0.39, 0.29) is 0 Å². The Morgan fingerprint density at radius 1 is 1.36 bits per heavy atom. The molecule has 1 rings (SSSR count). The van der Waals surface area contributed by atoms with E-state index < -0.39 is 5.51 Å². The van der Waals surface area contributed by atoms with Gasteiger partial charge in [0.05, 0.1) is 0 Å². The van der Waals surface area contributed by atoms with Crippen LogP contribution in [0.5, 0.6) is 0 Å².